The van der Waals surface area contributed by atoms with Crippen LogP contribution in [0.3, 0.4) is 0 Å². The van der Waals surface area contributed by atoms with E-state index in [4.69, 9.17) is 18.9 Å². The SMILES string of the molecule is CCOC(=O)C(C/C=C/CC(=O)OC)(Cc1ccc(OC)c(OC)c1)C(=O)OCC. The van der Waals surface area contributed by atoms with Crippen LogP contribution in [0.15, 0.2) is 30.4 Å². The Kier molecular flexibility index (Phi) is 10.4. The minimum Gasteiger partial charge on any atom is -0.493 e. The molecule has 8 heteroatoms. The molecule has 0 atom stereocenters. The van der Waals surface area contributed by atoms with Crippen molar-refractivity contribution in [2.24, 2.45) is 5.41 Å². The van der Waals surface area contributed by atoms with Gasteiger partial charge in [0.2, 0.25) is 0 Å². The molecule has 0 aliphatic rings. The predicted octanol–water partition coefficient (Wildman–Crippen LogP) is 2.87. The molecule has 1 rings (SSSR count). The number of methoxy groups -OCH3 is 3. The van der Waals surface area contributed by atoms with Gasteiger partial charge in [-0.25, -0.2) is 0 Å². The average Bonchev–Trinajstić information content (AvgIpc) is 2.75. The lowest BCUT2D eigenvalue weighted by atomic mass is 9.78. The van der Waals surface area contributed by atoms with Crippen LogP contribution < -0.4 is 9.47 Å². The van der Waals surface area contributed by atoms with Gasteiger partial charge in [-0.1, -0.05) is 18.2 Å². The first-order valence-electron chi connectivity index (χ1n) is 9.65. The van der Waals surface area contributed by atoms with Gasteiger partial charge in [-0.05, 0) is 44.4 Å². The fourth-order valence-electron chi connectivity index (χ4n) is 2.89. The van der Waals surface area contributed by atoms with E-state index in [1.807, 2.05) is 0 Å². The van der Waals surface area contributed by atoms with E-state index in [0.29, 0.717) is 17.1 Å². The molecule has 0 unspecified atom stereocenters. The van der Waals surface area contributed by atoms with Gasteiger partial charge in [-0.2, -0.15) is 0 Å². The Balaban J connectivity index is 3.35. The molecule has 0 aliphatic heterocycles. The third-order valence-electron chi connectivity index (χ3n) is 4.43. The highest BCUT2D eigenvalue weighted by molar-refractivity contribution is 6.00. The van der Waals surface area contributed by atoms with Gasteiger partial charge in [0.15, 0.2) is 16.9 Å². The van der Waals surface area contributed by atoms with Gasteiger partial charge < -0.3 is 23.7 Å². The molecule has 0 saturated carbocycles. The summed E-state index contributed by atoms with van der Waals surface area (Å²) in [6.45, 7) is 3.55. The van der Waals surface area contributed by atoms with Crippen LogP contribution in [0.25, 0.3) is 0 Å². The summed E-state index contributed by atoms with van der Waals surface area (Å²) in [5.41, 5.74) is -0.951. The fourth-order valence-corrected chi connectivity index (χ4v) is 2.89. The number of carbonyl (C=O) groups excluding carboxylic acids is 3. The highest BCUT2D eigenvalue weighted by Crippen LogP contribution is 2.35. The topological polar surface area (TPSA) is 97.4 Å². The van der Waals surface area contributed by atoms with Crippen molar-refractivity contribution in [3.05, 3.63) is 35.9 Å². The second-order valence-electron chi connectivity index (χ2n) is 6.34. The van der Waals surface area contributed by atoms with E-state index in [2.05, 4.69) is 4.74 Å². The lowest BCUT2D eigenvalue weighted by Crippen LogP contribution is -2.43. The minimum absolute atomic E-state index is 0.00396. The van der Waals surface area contributed by atoms with Crippen molar-refractivity contribution < 1.29 is 38.1 Å². The molecule has 0 fully saturated rings. The van der Waals surface area contributed by atoms with Crippen molar-refractivity contribution in [2.45, 2.75) is 33.1 Å². The first-order chi connectivity index (χ1) is 14.4. The van der Waals surface area contributed by atoms with Crippen molar-refractivity contribution in [2.75, 3.05) is 34.5 Å². The van der Waals surface area contributed by atoms with Crippen molar-refractivity contribution in [1.82, 2.24) is 0 Å². The van der Waals surface area contributed by atoms with Gasteiger partial charge in [0.1, 0.15) is 0 Å². The zero-order valence-electron chi connectivity index (χ0n) is 18.2. The van der Waals surface area contributed by atoms with E-state index in [-0.39, 0.29) is 32.5 Å². The molecular weight excluding hydrogens is 392 g/mol. The van der Waals surface area contributed by atoms with Crippen molar-refractivity contribution in [1.29, 1.82) is 0 Å². The standard InChI is InChI=1S/C22H30O8/c1-6-29-20(24)22(21(25)30-7-2,13-9-8-10-19(23)28-5)15-16-11-12-17(26-3)18(14-16)27-4/h8-9,11-12,14H,6-7,10,13,15H2,1-5H3/b9-8+. The molecule has 0 amide bonds. The average molecular weight is 422 g/mol. The predicted molar refractivity (Wildman–Crippen MR) is 109 cm³/mol. The summed E-state index contributed by atoms with van der Waals surface area (Å²) >= 11 is 0. The highest BCUT2D eigenvalue weighted by atomic mass is 16.6. The molecule has 0 radical (unpaired) electrons. The zero-order chi connectivity index (χ0) is 22.6. The molecule has 0 aliphatic carbocycles. The molecule has 1 aromatic rings. The van der Waals surface area contributed by atoms with Crippen molar-refractivity contribution in [3.8, 4) is 11.5 Å². The molecular formula is C22H30O8. The number of esters is 3. The molecule has 0 bridgehead atoms. The number of benzene rings is 1. The smallest absolute Gasteiger partial charge is 0.324 e. The summed E-state index contributed by atoms with van der Waals surface area (Å²) in [7, 11) is 4.31. The van der Waals surface area contributed by atoms with E-state index in [9.17, 15) is 14.4 Å². The number of hydrogen-bond donors (Lipinski definition) is 0. The lowest BCUT2D eigenvalue weighted by molar-refractivity contribution is -0.172. The van der Waals surface area contributed by atoms with E-state index < -0.39 is 23.3 Å². The molecule has 0 aromatic heterocycles. The summed E-state index contributed by atoms with van der Waals surface area (Å²) in [5, 5.41) is 0. The summed E-state index contributed by atoms with van der Waals surface area (Å²) in [5.74, 6) is -0.819. The highest BCUT2D eigenvalue weighted by Gasteiger charge is 2.48. The number of allylic oxidation sites excluding steroid dienone is 1. The van der Waals surface area contributed by atoms with Crippen LogP contribution >= 0.6 is 0 Å². The van der Waals surface area contributed by atoms with E-state index in [1.54, 1.807) is 44.2 Å². The van der Waals surface area contributed by atoms with Crippen LogP contribution in [0.4, 0.5) is 0 Å². The maximum absolute atomic E-state index is 12.9. The summed E-state index contributed by atoms with van der Waals surface area (Å²) in [4.78, 5) is 37.2. The van der Waals surface area contributed by atoms with Crippen molar-refractivity contribution >= 4 is 17.9 Å². The quantitative estimate of drug-likeness (QED) is 0.220. The molecule has 30 heavy (non-hydrogen) atoms. The van der Waals surface area contributed by atoms with E-state index in [0.717, 1.165) is 0 Å². The zero-order valence-corrected chi connectivity index (χ0v) is 18.2. The van der Waals surface area contributed by atoms with E-state index in [1.165, 1.54) is 21.3 Å². The van der Waals surface area contributed by atoms with Gasteiger partial charge in [0, 0.05) is 0 Å². The Bertz CT molecular complexity index is 736. The molecule has 8 nitrogen and oxygen atoms in total. The molecule has 166 valence electrons. The number of carbonyl (C=O) groups is 3. The Morgan fingerprint density at radius 2 is 1.50 bits per heavy atom. The molecule has 0 heterocycles. The monoisotopic (exact) mass is 422 g/mol. The normalized spacial score (nSPS) is 11.1. The van der Waals surface area contributed by atoms with Gasteiger partial charge in [-0.15, -0.1) is 0 Å². The Morgan fingerprint density at radius 3 is 2.00 bits per heavy atom. The fraction of sp³-hybridized carbons (Fsp3) is 0.500. The minimum atomic E-state index is -1.61. The van der Waals surface area contributed by atoms with Gasteiger partial charge in [0.25, 0.3) is 0 Å². The maximum atomic E-state index is 12.9. The molecule has 0 saturated heterocycles. The van der Waals surface area contributed by atoms with Crippen LogP contribution in [0.5, 0.6) is 11.5 Å². The first-order valence-corrected chi connectivity index (χ1v) is 9.65. The number of hydrogen-bond acceptors (Lipinski definition) is 8. The Hall–Kier alpha value is -3.03. The second kappa shape index (κ2) is 12.5. The van der Waals surface area contributed by atoms with Crippen LogP contribution in [0, 0.1) is 5.41 Å². The molecule has 0 spiro atoms. The number of rotatable bonds is 12. The second-order valence-corrected chi connectivity index (χ2v) is 6.34. The van der Waals surface area contributed by atoms with Crippen LogP contribution in [-0.4, -0.2) is 52.5 Å². The molecule has 1 aromatic carbocycles. The Morgan fingerprint density at radius 1 is 0.900 bits per heavy atom. The van der Waals surface area contributed by atoms with Gasteiger partial charge >= 0.3 is 17.9 Å². The maximum Gasteiger partial charge on any atom is 0.324 e. The largest absolute Gasteiger partial charge is 0.493 e. The first kappa shape index (κ1) is 25.0. The van der Waals surface area contributed by atoms with E-state index >= 15 is 0 Å². The van der Waals surface area contributed by atoms with Crippen LogP contribution in [0.2, 0.25) is 0 Å². The van der Waals surface area contributed by atoms with Crippen LogP contribution in [-0.2, 0) is 35.0 Å². The summed E-state index contributed by atoms with van der Waals surface area (Å²) in [6.07, 6.45) is 3.18. The summed E-state index contributed by atoms with van der Waals surface area (Å²) in [6, 6.07) is 5.14. The molecule has 0 N–H and O–H groups in total. The third-order valence-corrected chi connectivity index (χ3v) is 4.43. The lowest BCUT2D eigenvalue weighted by Gasteiger charge is -2.28. The number of ether oxygens (including phenoxy) is 5. The van der Waals surface area contributed by atoms with Gasteiger partial charge in [0.05, 0.1) is 41.0 Å². The van der Waals surface area contributed by atoms with Gasteiger partial charge in [-0.3, -0.25) is 14.4 Å². The third kappa shape index (κ3) is 6.50. The van der Waals surface area contributed by atoms with Crippen molar-refractivity contribution in [3.63, 3.8) is 0 Å². The summed E-state index contributed by atoms with van der Waals surface area (Å²) < 4.78 is 25.6. The Labute approximate surface area is 177 Å². The van der Waals surface area contributed by atoms with Crippen LogP contribution in [0.1, 0.15) is 32.3 Å².